The molecule has 0 unspecified atom stereocenters. The molecule has 2 aliphatic rings. The van der Waals surface area contributed by atoms with Crippen molar-refractivity contribution in [1.82, 2.24) is 19.8 Å². The largest absolute Gasteiger partial charge is 0.481 e. The van der Waals surface area contributed by atoms with Gasteiger partial charge < -0.3 is 15.2 Å². The van der Waals surface area contributed by atoms with E-state index in [1.807, 2.05) is 4.90 Å². The maximum Gasteiger partial charge on any atom is 0.419 e. The minimum absolute atomic E-state index is 0.0675. The lowest BCUT2D eigenvalue weighted by Crippen LogP contribution is -2.53. The van der Waals surface area contributed by atoms with Crippen LogP contribution in [0.3, 0.4) is 0 Å². The molecule has 1 aromatic heterocycles. The highest BCUT2D eigenvalue weighted by atomic mass is 19.4. The molecule has 0 saturated carbocycles. The third-order valence-electron chi connectivity index (χ3n) is 9.87. The van der Waals surface area contributed by atoms with Crippen LogP contribution in [0.15, 0.2) is 35.3 Å². The standard InChI is InChI=1S/C37H41F7N4O5/c1-20-12-25(38)13-22-8-6-4-3-5-7-9-30(48-17-23(21(2)45-36(48)52)10-11-47-18-26(19-47)53-35(40)41)34(51)46-29(16-31(49)50)27-14-24(32(20)22)15-28(33(27)39)37(42,43)44/h12-15,17,26,29-30,35H,3-11,16,18-19H2,1-2H3,(H,46,51)(H,49,50)/t29-,30-/m0/s1. The van der Waals surface area contributed by atoms with E-state index >= 15 is 4.39 Å². The summed E-state index contributed by atoms with van der Waals surface area (Å²) in [5.41, 5.74) is -1.42. The molecule has 3 aromatic rings. The number of nitrogens with zero attached hydrogens (tertiary/aromatic N) is 3. The average molecular weight is 755 g/mol. The molecule has 2 N–H and O–H groups in total. The molecular formula is C37H41F7N4O5. The fraction of sp³-hybridized carbons (Fsp3) is 0.514. The quantitative estimate of drug-likeness (QED) is 0.237. The van der Waals surface area contributed by atoms with Gasteiger partial charge in [-0.05, 0) is 91.6 Å². The molecule has 0 spiro atoms. The zero-order chi connectivity index (χ0) is 38.6. The van der Waals surface area contributed by atoms with Gasteiger partial charge >= 0.3 is 24.4 Å². The number of carbonyl (C=O) groups is 2. The minimum atomic E-state index is -5.21. The first kappa shape index (κ1) is 39.9. The van der Waals surface area contributed by atoms with Gasteiger partial charge in [-0.25, -0.2) is 13.6 Å². The van der Waals surface area contributed by atoms with Crippen LogP contribution in [-0.2, 0) is 33.3 Å². The minimum Gasteiger partial charge on any atom is -0.481 e. The Kier molecular flexibility index (Phi) is 12.6. The van der Waals surface area contributed by atoms with Gasteiger partial charge in [0.1, 0.15) is 17.7 Å². The van der Waals surface area contributed by atoms with E-state index in [0.29, 0.717) is 79.9 Å². The van der Waals surface area contributed by atoms with E-state index in [2.05, 4.69) is 15.0 Å². The van der Waals surface area contributed by atoms with Gasteiger partial charge in [0.2, 0.25) is 5.91 Å². The van der Waals surface area contributed by atoms with Crippen LogP contribution in [0.1, 0.15) is 90.5 Å². The van der Waals surface area contributed by atoms with Crippen molar-refractivity contribution in [3.8, 4) is 11.1 Å². The van der Waals surface area contributed by atoms with Gasteiger partial charge in [-0.2, -0.15) is 26.9 Å². The average Bonchev–Trinajstić information content (AvgIpc) is 3.03. The number of nitrogens with one attached hydrogen (secondary N) is 1. The molecule has 2 aliphatic heterocycles. The number of hydrogen-bond acceptors (Lipinski definition) is 6. The zero-order valence-electron chi connectivity index (χ0n) is 29.2. The molecule has 1 saturated heterocycles. The number of carbonyl (C=O) groups excluding carboxylic acids is 1. The maximum atomic E-state index is 16.0. The number of likely N-dealkylation sites (tertiary alicyclic amines) is 1. The molecule has 2 bridgehead atoms. The number of carboxylic acids is 1. The number of aromatic nitrogens is 2. The second kappa shape index (κ2) is 16.8. The lowest BCUT2D eigenvalue weighted by Gasteiger charge is -2.38. The van der Waals surface area contributed by atoms with Crippen LogP contribution in [0.25, 0.3) is 11.1 Å². The van der Waals surface area contributed by atoms with Crippen LogP contribution >= 0.6 is 0 Å². The Morgan fingerprint density at radius 1 is 1.04 bits per heavy atom. The molecule has 0 aliphatic carbocycles. The summed E-state index contributed by atoms with van der Waals surface area (Å²) >= 11 is 0. The molecule has 0 radical (unpaired) electrons. The number of benzene rings is 2. The molecule has 2 atom stereocenters. The zero-order valence-corrected chi connectivity index (χ0v) is 29.2. The molecule has 1 amide bonds. The number of rotatable bonds is 8. The van der Waals surface area contributed by atoms with Crippen molar-refractivity contribution in [2.75, 3.05) is 19.6 Å². The smallest absolute Gasteiger partial charge is 0.419 e. The van der Waals surface area contributed by atoms with E-state index in [-0.39, 0.29) is 30.6 Å². The number of halogens is 7. The van der Waals surface area contributed by atoms with Crippen molar-refractivity contribution in [3.63, 3.8) is 0 Å². The van der Waals surface area contributed by atoms with E-state index in [9.17, 15) is 45.8 Å². The molecule has 288 valence electrons. The number of hydrogen-bond donors (Lipinski definition) is 2. The second-order valence-electron chi connectivity index (χ2n) is 13.7. The van der Waals surface area contributed by atoms with Crippen molar-refractivity contribution < 1.29 is 50.2 Å². The summed E-state index contributed by atoms with van der Waals surface area (Å²) in [6.07, 6.45) is -1.70. The van der Waals surface area contributed by atoms with Gasteiger partial charge in [-0.1, -0.05) is 25.7 Å². The molecule has 9 nitrogen and oxygen atoms in total. The predicted octanol–water partition coefficient (Wildman–Crippen LogP) is 7.06. The van der Waals surface area contributed by atoms with E-state index in [1.165, 1.54) is 19.2 Å². The van der Waals surface area contributed by atoms with E-state index in [0.717, 1.165) is 16.7 Å². The van der Waals surface area contributed by atoms with Crippen LogP contribution in [0.2, 0.25) is 0 Å². The summed E-state index contributed by atoms with van der Waals surface area (Å²) in [7, 11) is 0. The molecule has 3 heterocycles. The summed E-state index contributed by atoms with van der Waals surface area (Å²) in [4.78, 5) is 45.4. The van der Waals surface area contributed by atoms with Crippen LogP contribution in [-0.4, -0.2) is 63.8 Å². The van der Waals surface area contributed by atoms with Gasteiger partial charge in [0.05, 0.1) is 24.1 Å². The van der Waals surface area contributed by atoms with Crippen molar-refractivity contribution >= 4 is 11.9 Å². The number of alkyl halides is 5. The first-order chi connectivity index (χ1) is 25.0. The third-order valence-corrected chi connectivity index (χ3v) is 9.87. The molecule has 2 aromatic carbocycles. The number of aryl methyl sites for hydroxylation is 3. The Hall–Kier alpha value is -4.31. The van der Waals surface area contributed by atoms with Crippen molar-refractivity contribution in [1.29, 1.82) is 0 Å². The lowest BCUT2D eigenvalue weighted by atomic mass is 9.87. The monoisotopic (exact) mass is 754 g/mol. The Bertz CT molecular complexity index is 1880. The van der Waals surface area contributed by atoms with Gasteiger partial charge in [0.15, 0.2) is 0 Å². The molecule has 53 heavy (non-hydrogen) atoms. The first-order valence-corrected chi connectivity index (χ1v) is 17.5. The summed E-state index contributed by atoms with van der Waals surface area (Å²) in [6, 6.07) is 0.965. The molecule has 5 rings (SSSR count). The van der Waals surface area contributed by atoms with E-state index < -0.39 is 77.7 Å². The van der Waals surface area contributed by atoms with Crippen LogP contribution in [0.4, 0.5) is 30.7 Å². The number of aliphatic carboxylic acids is 1. The van der Waals surface area contributed by atoms with E-state index in [4.69, 9.17) is 0 Å². The van der Waals surface area contributed by atoms with Gasteiger partial charge in [-0.15, -0.1) is 0 Å². The summed E-state index contributed by atoms with van der Waals surface area (Å²) in [6.45, 7) is 1.20. The SMILES string of the molecule is Cc1cc(F)cc2c1-c1cc(c(F)c(C(F)(F)F)c1)[C@H](CC(=O)O)NC(=O)[C@@H](n1cc(CCN3CC(OC(F)F)C3)c(C)nc1=O)CCCCCCC2. The maximum absolute atomic E-state index is 16.0. The molecular weight excluding hydrogens is 713 g/mol. The van der Waals surface area contributed by atoms with Crippen LogP contribution in [0.5, 0.6) is 0 Å². The number of carboxylic acid groups (broad SMARTS) is 1. The van der Waals surface area contributed by atoms with Gasteiger partial charge in [0.25, 0.3) is 0 Å². The van der Waals surface area contributed by atoms with Crippen LogP contribution < -0.4 is 11.0 Å². The Balaban J connectivity index is 1.55. The normalized spacial score (nSPS) is 19.5. The fourth-order valence-corrected chi connectivity index (χ4v) is 7.21. The second-order valence-corrected chi connectivity index (χ2v) is 13.7. The van der Waals surface area contributed by atoms with E-state index in [1.54, 1.807) is 6.92 Å². The van der Waals surface area contributed by atoms with Gasteiger partial charge in [-0.3, -0.25) is 19.1 Å². The highest BCUT2D eigenvalue weighted by molar-refractivity contribution is 5.82. The third kappa shape index (κ3) is 9.82. The van der Waals surface area contributed by atoms with Crippen molar-refractivity contribution in [2.45, 2.75) is 103 Å². The number of amides is 1. The van der Waals surface area contributed by atoms with Crippen molar-refractivity contribution in [3.05, 3.63) is 86.1 Å². The highest BCUT2D eigenvalue weighted by Crippen LogP contribution is 2.40. The summed E-state index contributed by atoms with van der Waals surface area (Å²) in [5, 5.41) is 12.3. The molecule has 16 heteroatoms. The summed E-state index contributed by atoms with van der Waals surface area (Å²) < 4.78 is 104. The van der Waals surface area contributed by atoms with Crippen molar-refractivity contribution in [2.24, 2.45) is 0 Å². The number of ether oxygens (including phenoxy) is 1. The molecule has 1 fully saturated rings. The predicted molar refractivity (Wildman–Crippen MR) is 179 cm³/mol. The fourth-order valence-electron chi connectivity index (χ4n) is 7.21. The van der Waals surface area contributed by atoms with Crippen LogP contribution in [0, 0.1) is 25.5 Å². The summed E-state index contributed by atoms with van der Waals surface area (Å²) in [5.74, 6) is -4.82. The Morgan fingerprint density at radius 2 is 1.74 bits per heavy atom. The topological polar surface area (TPSA) is 114 Å². The Morgan fingerprint density at radius 3 is 2.42 bits per heavy atom. The number of fused-ring (bicyclic) bond motifs is 4. The highest BCUT2D eigenvalue weighted by Gasteiger charge is 2.38. The first-order valence-electron chi connectivity index (χ1n) is 17.5. The lowest BCUT2D eigenvalue weighted by molar-refractivity contribution is -0.195. The Labute approximate surface area is 301 Å². The van der Waals surface area contributed by atoms with Gasteiger partial charge in [0, 0.05) is 37.1 Å².